The number of rotatable bonds is 5. The van der Waals surface area contributed by atoms with E-state index < -0.39 is 5.97 Å². The fourth-order valence-electron chi connectivity index (χ4n) is 3.49. The van der Waals surface area contributed by atoms with E-state index in [4.69, 9.17) is 51.1 Å². The smallest absolute Gasteiger partial charge is 0.341 e. The Morgan fingerprint density at radius 1 is 0.879 bits per heavy atom. The minimum atomic E-state index is -1.18. The minimum absolute atomic E-state index is 0.0752. The molecule has 0 spiro atoms. The van der Waals surface area contributed by atoms with Gasteiger partial charge in [-0.15, -0.1) is 0 Å². The molecule has 1 heterocycles. The second kappa shape index (κ2) is 9.62. The fourth-order valence-corrected chi connectivity index (χ4v) is 4.29. The first-order valence-corrected chi connectivity index (χ1v) is 11.2. The Hall–Kier alpha value is -2.76. The molecule has 1 aromatic heterocycles. The fraction of sp³-hybridized carbons (Fsp3) is 0.0400. The molecule has 0 radical (unpaired) electrons. The van der Waals surface area contributed by atoms with Crippen molar-refractivity contribution in [3.63, 3.8) is 0 Å². The van der Waals surface area contributed by atoms with E-state index in [1.165, 1.54) is 0 Å². The van der Waals surface area contributed by atoms with Crippen molar-refractivity contribution in [3.8, 4) is 34.0 Å². The Bertz CT molecular complexity index is 1370. The van der Waals surface area contributed by atoms with Gasteiger partial charge in [0.25, 0.3) is 0 Å². The SMILES string of the molecule is Cc1c(C(=O)O)c(Oc2cccc(Cl)c2)nc(-c2ccc(Cl)cc2Cl)c1-c1ccc(Cl)cc1. The Balaban J connectivity index is 2.03. The van der Waals surface area contributed by atoms with Gasteiger partial charge < -0.3 is 9.84 Å². The van der Waals surface area contributed by atoms with Crippen molar-refractivity contribution in [2.45, 2.75) is 6.92 Å². The molecule has 0 atom stereocenters. The summed E-state index contributed by atoms with van der Waals surface area (Å²) in [6.07, 6.45) is 0. The molecule has 0 bridgehead atoms. The Morgan fingerprint density at radius 3 is 2.18 bits per heavy atom. The van der Waals surface area contributed by atoms with E-state index in [9.17, 15) is 9.90 Å². The lowest BCUT2D eigenvalue weighted by Gasteiger charge is -2.19. The number of ether oxygens (including phenoxy) is 1. The van der Waals surface area contributed by atoms with Crippen LogP contribution >= 0.6 is 46.4 Å². The van der Waals surface area contributed by atoms with E-state index in [0.29, 0.717) is 48.2 Å². The molecular formula is C25H15Cl4NO3. The Kier molecular flexibility index (Phi) is 6.82. The van der Waals surface area contributed by atoms with Crippen molar-refractivity contribution >= 4 is 52.4 Å². The van der Waals surface area contributed by atoms with Crippen LogP contribution in [0.4, 0.5) is 0 Å². The molecule has 0 aliphatic rings. The maximum absolute atomic E-state index is 12.3. The maximum atomic E-state index is 12.3. The van der Waals surface area contributed by atoms with E-state index in [0.717, 1.165) is 5.56 Å². The maximum Gasteiger partial charge on any atom is 0.341 e. The molecule has 1 N–H and O–H groups in total. The van der Waals surface area contributed by atoms with Crippen LogP contribution < -0.4 is 4.74 Å². The highest BCUT2D eigenvalue weighted by Crippen LogP contribution is 2.42. The standard InChI is InChI=1S/C25H15Cl4NO3/c1-13-21(14-5-7-15(26)8-6-14)23(19-10-9-17(28)12-20(19)29)30-24(22(13)25(31)32)33-18-4-2-3-16(27)11-18/h2-12H,1H3,(H,31,32). The van der Waals surface area contributed by atoms with Crippen molar-refractivity contribution in [2.75, 3.05) is 0 Å². The first-order chi connectivity index (χ1) is 15.7. The van der Waals surface area contributed by atoms with Crippen LogP contribution in [0.2, 0.25) is 20.1 Å². The van der Waals surface area contributed by atoms with Gasteiger partial charge in [0.05, 0.1) is 10.7 Å². The monoisotopic (exact) mass is 517 g/mol. The molecule has 166 valence electrons. The largest absolute Gasteiger partial charge is 0.477 e. The molecule has 0 unspecified atom stereocenters. The zero-order valence-corrected chi connectivity index (χ0v) is 20.1. The molecule has 0 amide bonds. The number of pyridine rings is 1. The number of nitrogens with zero attached hydrogens (tertiary/aromatic N) is 1. The number of halogens is 4. The molecule has 0 fully saturated rings. The van der Waals surface area contributed by atoms with Crippen molar-refractivity contribution < 1.29 is 14.6 Å². The van der Waals surface area contributed by atoms with E-state index in [1.807, 2.05) is 0 Å². The summed E-state index contributed by atoms with van der Waals surface area (Å²) in [6.45, 7) is 1.70. The quantitative estimate of drug-likeness (QED) is 0.286. The molecule has 0 aliphatic carbocycles. The van der Waals surface area contributed by atoms with Crippen LogP contribution in [0, 0.1) is 6.92 Å². The van der Waals surface area contributed by atoms with Crippen LogP contribution in [0.1, 0.15) is 15.9 Å². The van der Waals surface area contributed by atoms with Gasteiger partial charge in [0.15, 0.2) is 0 Å². The third kappa shape index (κ3) is 4.94. The first-order valence-electron chi connectivity index (χ1n) is 9.67. The van der Waals surface area contributed by atoms with Crippen molar-refractivity contribution in [1.82, 2.24) is 4.98 Å². The summed E-state index contributed by atoms with van der Waals surface area (Å²) >= 11 is 24.8. The average Bonchev–Trinajstić information content (AvgIpc) is 2.74. The van der Waals surface area contributed by atoms with E-state index >= 15 is 0 Å². The van der Waals surface area contributed by atoms with Gasteiger partial charge in [-0.1, -0.05) is 64.6 Å². The summed E-state index contributed by atoms with van der Waals surface area (Å²) < 4.78 is 5.90. The zero-order valence-electron chi connectivity index (χ0n) is 17.1. The second-order valence-corrected chi connectivity index (χ2v) is 8.85. The van der Waals surface area contributed by atoms with Crippen LogP contribution in [0.5, 0.6) is 11.6 Å². The summed E-state index contributed by atoms with van der Waals surface area (Å²) in [5.74, 6) is -0.911. The number of aromatic carboxylic acids is 1. The number of hydrogen-bond donors (Lipinski definition) is 1. The highest BCUT2D eigenvalue weighted by atomic mass is 35.5. The lowest BCUT2D eigenvalue weighted by molar-refractivity contribution is 0.0692. The van der Waals surface area contributed by atoms with Crippen molar-refractivity contribution in [2.24, 2.45) is 0 Å². The van der Waals surface area contributed by atoms with Gasteiger partial charge in [0.1, 0.15) is 11.3 Å². The van der Waals surface area contributed by atoms with E-state index in [2.05, 4.69) is 4.98 Å². The van der Waals surface area contributed by atoms with E-state index in [1.54, 1.807) is 73.7 Å². The van der Waals surface area contributed by atoms with Gasteiger partial charge in [-0.2, -0.15) is 0 Å². The van der Waals surface area contributed by atoms with Gasteiger partial charge >= 0.3 is 5.97 Å². The summed E-state index contributed by atoms with van der Waals surface area (Å²) in [4.78, 5) is 16.9. The molecule has 3 aromatic carbocycles. The number of hydrogen-bond acceptors (Lipinski definition) is 3. The molecule has 4 nitrogen and oxygen atoms in total. The molecular weight excluding hydrogens is 504 g/mol. The number of carboxylic acids is 1. The predicted octanol–water partition coefficient (Wildman–Crippen LogP) is 8.83. The molecule has 0 saturated carbocycles. The minimum Gasteiger partial charge on any atom is -0.477 e. The van der Waals surface area contributed by atoms with Gasteiger partial charge in [-0.25, -0.2) is 9.78 Å². The normalized spacial score (nSPS) is 10.8. The average molecular weight is 519 g/mol. The summed E-state index contributed by atoms with van der Waals surface area (Å²) in [6, 6.07) is 18.7. The molecule has 0 aliphatic heterocycles. The number of carbonyl (C=O) groups is 1. The van der Waals surface area contributed by atoms with Crippen LogP contribution in [-0.2, 0) is 0 Å². The predicted molar refractivity (Wildman–Crippen MR) is 133 cm³/mol. The third-order valence-corrected chi connectivity index (χ3v) is 5.99. The summed E-state index contributed by atoms with van der Waals surface area (Å²) in [7, 11) is 0. The highest BCUT2D eigenvalue weighted by molar-refractivity contribution is 6.36. The second-order valence-electron chi connectivity index (χ2n) is 7.14. The van der Waals surface area contributed by atoms with Gasteiger partial charge in [0.2, 0.25) is 5.88 Å². The van der Waals surface area contributed by atoms with Crippen molar-refractivity contribution in [1.29, 1.82) is 0 Å². The number of benzene rings is 3. The highest BCUT2D eigenvalue weighted by Gasteiger charge is 2.26. The topological polar surface area (TPSA) is 59.4 Å². The van der Waals surface area contributed by atoms with Crippen LogP contribution in [-0.4, -0.2) is 16.1 Å². The van der Waals surface area contributed by atoms with Gasteiger partial charge in [0, 0.05) is 26.2 Å². The number of aromatic nitrogens is 1. The Labute approximate surface area is 210 Å². The molecule has 8 heteroatoms. The Morgan fingerprint density at radius 2 is 1.55 bits per heavy atom. The third-order valence-electron chi connectivity index (χ3n) is 4.96. The number of carboxylic acid groups (broad SMARTS) is 1. The van der Waals surface area contributed by atoms with Crippen LogP contribution in [0.15, 0.2) is 66.7 Å². The van der Waals surface area contributed by atoms with Gasteiger partial charge in [-0.05, 0) is 66.6 Å². The molecule has 0 saturated heterocycles. The van der Waals surface area contributed by atoms with Crippen LogP contribution in [0.3, 0.4) is 0 Å². The lowest BCUT2D eigenvalue weighted by Crippen LogP contribution is -2.08. The summed E-state index contributed by atoms with van der Waals surface area (Å²) in [5.41, 5.74) is 2.71. The van der Waals surface area contributed by atoms with Crippen molar-refractivity contribution in [3.05, 3.63) is 97.9 Å². The van der Waals surface area contributed by atoms with Crippen LogP contribution in [0.25, 0.3) is 22.4 Å². The van der Waals surface area contributed by atoms with Gasteiger partial charge in [-0.3, -0.25) is 0 Å². The zero-order chi connectivity index (χ0) is 23.7. The molecule has 4 aromatic rings. The first kappa shape index (κ1) is 23.4. The summed E-state index contributed by atoms with van der Waals surface area (Å²) in [5, 5.41) is 11.9. The molecule has 4 rings (SSSR count). The lowest BCUT2D eigenvalue weighted by atomic mass is 9.92. The molecule has 33 heavy (non-hydrogen) atoms. The van der Waals surface area contributed by atoms with E-state index in [-0.39, 0.29) is 11.4 Å².